The molecular weight excluding hydrogens is 504 g/mol. The van der Waals surface area contributed by atoms with Gasteiger partial charge in [0, 0.05) is 25.7 Å². The highest BCUT2D eigenvalue weighted by Gasteiger charge is 2.19. The number of aromatic nitrogens is 4. The van der Waals surface area contributed by atoms with E-state index in [9.17, 15) is 9.59 Å². The molecule has 0 atom stereocenters. The lowest BCUT2D eigenvalue weighted by Gasteiger charge is -2.31. The summed E-state index contributed by atoms with van der Waals surface area (Å²) < 4.78 is 0. The molecule has 10 nitrogen and oxygen atoms in total. The predicted octanol–water partition coefficient (Wildman–Crippen LogP) is 5.66. The number of para-hydroxylation sites is 1. The first kappa shape index (κ1) is 28.3. The van der Waals surface area contributed by atoms with Crippen LogP contribution < -0.4 is 20.9 Å². The van der Waals surface area contributed by atoms with Gasteiger partial charge in [0.2, 0.25) is 0 Å². The number of carbonyl (C=O) groups is 2. The molecule has 0 saturated heterocycles. The minimum absolute atomic E-state index is 0.280. The molecule has 208 valence electrons. The summed E-state index contributed by atoms with van der Waals surface area (Å²) in [5.74, 6) is 1.11. The molecule has 0 radical (unpaired) electrons. The summed E-state index contributed by atoms with van der Waals surface area (Å²) in [6.07, 6.45) is 0. The molecule has 40 heavy (non-hydrogen) atoms. The van der Waals surface area contributed by atoms with E-state index in [1.165, 1.54) is 0 Å². The zero-order valence-electron chi connectivity index (χ0n) is 23.5. The standard InChI is InChI=1S/C30H36N8O2/c1-19(2)17-38(18-20(3)4)27-15-14-21(22-10-6-7-11-23(22)28-34-36-37-35-28)16-26(27)33-30(40)32-25-13-9-8-12-24(25)29(39)31-5/h6-16,19-20H,17-18H2,1-5H3,(H,31,39)(H2,32,33,40)(H,34,35,36,37). The second-order valence-electron chi connectivity index (χ2n) is 10.4. The van der Waals surface area contributed by atoms with Gasteiger partial charge in [-0.05, 0) is 57.7 Å². The van der Waals surface area contributed by atoms with Crippen molar-refractivity contribution in [2.75, 3.05) is 35.7 Å². The van der Waals surface area contributed by atoms with Gasteiger partial charge in [0.05, 0.1) is 22.6 Å². The number of aromatic amines is 1. The highest BCUT2D eigenvalue weighted by Crippen LogP contribution is 2.36. The predicted molar refractivity (Wildman–Crippen MR) is 159 cm³/mol. The Morgan fingerprint density at radius 3 is 2.15 bits per heavy atom. The molecule has 3 aromatic carbocycles. The minimum atomic E-state index is -0.448. The molecule has 4 rings (SSSR count). The van der Waals surface area contributed by atoms with Crippen LogP contribution in [-0.2, 0) is 0 Å². The largest absolute Gasteiger partial charge is 0.369 e. The summed E-state index contributed by atoms with van der Waals surface area (Å²) in [7, 11) is 1.56. The van der Waals surface area contributed by atoms with E-state index in [0.29, 0.717) is 34.6 Å². The van der Waals surface area contributed by atoms with Gasteiger partial charge in [0.15, 0.2) is 5.82 Å². The van der Waals surface area contributed by atoms with Crippen molar-refractivity contribution in [1.82, 2.24) is 25.9 Å². The second kappa shape index (κ2) is 12.9. The summed E-state index contributed by atoms with van der Waals surface area (Å²) >= 11 is 0. The monoisotopic (exact) mass is 540 g/mol. The van der Waals surface area contributed by atoms with Crippen molar-refractivity contribution in [3.8, 4) is 22.5 Å². The molecule has 4 aromatic rings. The lowest BCUT2D eigenvalue weighted by atomic mass is 9.97. The first-order chi connectivity index (χ1) is 19.3. The first-order valence-electron chi connectivity index (χ1n) is 13.4. The number of benzene rings is 3. The Kier molecular flexibility index (Phi) is 9.11. The van der Waals surface area contributed by atoms with E-state index in [1.807, 2.05) is 36.4 Å². The molecular formula is C30H36N8O2. The van der Waals surface area contributed by atoms with E-state index in [1.54, 1.807) is 31.3 Å². The third kappa shape index (κ3) is 6.82. The Labute approximate surface area is 234 Å². The van der Waals surface area contributed by atoms with Crippen LogP contribution in [-0.4, -0.2) is 52.7 Å². The number of amides is 3. The van der Waals surface area contributed by atoms with Crippen LogP contribution in [0.1, 0.15) is 38.1 Å². The molecule has 0 unspecified atom stereocenters. The fourth-order valence-electron chi connectivity index (χ4n) is 4.65. The van der Waals surface area contributed by atoms with Gasteiger partial charge in [-0.1, -0.05) is 70.2 Å². The van der Waals surface area contributed by atoms with Gasteiger partial charge < -0.3 is 20.9 Å². The SMILES string of the molecule is CNC(=O)c1ccccc1NC(=O)Nc1cc(-c2ccccc2-c2nnn[nH]2)ccc1N(CC(C)C)CC(C)C. The maximum Gasteiger partial charge on any atom is 0.323 e. The summed E-state index contributed by atoms with van der Waals surface area (Å²) in [6, 6.07) is 20.3. The summed E-state index contributed by atoms with van der Waals surface area (Å²) in [6.45, 7) is 10.4. The second-order valence-corrected chi connectivity index (χ2v) is 10.4. The van der Waals surface area contributed by atoms with E-state index < -0.39 is 6.03 Å². The Balaban J connectivity index is 1.75. The molecule has 3 amide bonds. The molecule has 10 heteroatoms. The fourth-order valence-corrected chi connectivity index (χ4v) is 4.65. The van der Waals surface area contributed by atoms with Crippen molar-refractivity contribution >= 4 is 29.0 Å². The average molecular weight is 541 g/mol. The van der Waals surface area contributed by atoms with Crippen LogP contribution in [0, 0.1) is 11.8 Å². The fraction of sp³-hybridized carbons (Fsp3) is 0.300. The molecule has 0 saturated carbocycles. The zero-order valence-corrected chi connectivity index (χ0v) is 23.5. The molecule has 0 aliphatic carbocycles. The number of urea groups is 1. The number of hydrogen-bond acceptors (Lipinski definition) is 6. The Bertz CT molecular complexity index is 1440. The van der Waals surface area contributed by atoms with Crippen LogP contribution >= 0.6 is 0 Å². The molecule has 4 N–H and O–H groups in total. The Hall–Kier alpha value is -4.73. The van der Waals surface area contributed by atoms with Crippen LogP contribution in [0.2, 0.25) is 0 Å². The molecule has 0 aliphatic rings. The number of H-pyrrole nitrogens is 1. The molecule has 0 fully saturated rings. The van der Waals surface area contributed by atoms with E-state index in [-0.39, 0.29) is 5.91 Å². The van der Waals surface area contributed by atoms with Crippen molar-refractivity contribution in [3.05, 3.63) is 72.3 Å². The highest BCUT2D eigenvalue weighted by molar-refractivity contribution is 6.07. The van der Waals surface area contributed by atoms with Crippen molar-refractivity contribution in [3.63, 3.8) is 0 Å². The van der Waals surface area contributed by atoms with Crippen LogP contribution in [0.4, 0.5) is 21.9 Å². The number of hydrogen-bond donors (Lipinski definition) is 4. The number of tetrazole rings is 1. The highest BCUT2D eigenvalue weighted by atomic mass is 16.2. The molecule has 1 aromatic heterocycles. The number of nitrogens with one attached hydrogen (secondary N) is 4. The van der Waals surface area contributed by atoms with Crippen LogP contribution in [0.25, 0.3) is 22.5 Å². The van der Waals surface area contributed by atoms with E-state index >= 15 is 0 Å². The third-order valence-corrected chi connectivity index (χ3v) is 6.24. The molecule has 0 spiro atoms. The van der Waals surface area contributed by atoms with Gasteiger partial charge in [-0.2, -0.15) is 0 Å². The normalized spacial score (nSPS) is 11.0. The Morgan fingerprint density at radius 1 is 0.850 bits per heavy atom. The summed E-state index contributed by atoms with van der Waals surface area (Å²) in [5.41, 5.74) is 5.02. The van der Waals surface area contributed by atoms with Crippen molar-refractivity contribution < 1.29 is 9.59 Å². The maximum atomic E-state index is 13.4. The maximum absolute atomic E-state index is 13.4. The van der Waals surface area contributed by atoms with Gasteiger partial charge in [-0.25, -0.2) is 9.89 Å². The first-order valence-corrected chi connectivity index (χ1v) is 13.4. The smallest absolute Gasteiger partial charge is 0.323 e. The van der Waals surface area contributed by atoms with Gasteiger partial charge in [-0.3, -0.25) is 4.79 Å². The quantitative estimate of drug-likeness (QED) is 0.206. The number of carbonyl (C=O) groups excluding carboxylic acids is 2. The lowest BCUT2D eigenvalue weighted by molar-refractivity contribution is 0.0964. The topological polar surface area (TPSA) is 128 Å². The summed E-state index contributed by atoms with van der Waals surface area (Å²) in [5, 5.41) is 22.9. The molecule has 1 heterocycles. The lowest BCUT2D eigenvalue weighted by Crippen LogP contribution is -2.32. The van der Waals surface area contributed by atoms with Gasteiger partial charge in [0.1, 0.15) is 0 Å². The summed E-state index contributed by atoms with van der Waals surface area (Å²) in [4.78, 5) is 28.0. The van der Waals surface area contributed by atoms with Crippen LogP contribution in [0.5, 0.6) is 0 Å². The zero-order chi connectivity index (χ0) is 28.6. The Morgan fingerprint density at radius 2 is 1.50 bits per heavy atom. The molecule has 0 aliphatic heterocycles. The minimum Gasteiger partial charge on any atom is -0.369 e. The number of anilines is 3. The van der Waals surface area contributed by atoms with E-state index in [2.05, 4.69) is 75.2 Å². The van der Waals surface area contributed by atoms with E-state index in [4.69, 9.17) is 0 Å². The van der Waals surface area contributed by atoms with Gasteiger partial charge in [0.25, 0.3) is 5.91 Å². The van der Waals surface area contributed by atoms with E-state index in [0.717, 1.165) is 35.5 Å². The average Bonchev–Trinajstić information content (AvgIpc) is 3.47. The molecule has 0 bridgehead atoms. The van der Waals surface area contributed by atoms with Crippen molar-refractivity contribution in [2.24, 2.45) is 11.8 Å². The van der Waals surface area contributed by atoms with Gasteiger partial charge in [-0.15, -0.1) is 5.10 Å². The van der Waals surface area contributed by atoms with Crippen molar-refractivity contribution in [2.45, 2.75) is 27.7 Å². The van der Waals surface area contributed by atoms with Crippen molar-refractivity contribution in [1.29, 1.82) is 0 Å². The van der Waals surface area contributed by atoms with Crippen LogP contribution in [0.3, 0.4) is 0 Å². The van der Waals surface area contributed by atoms with Crippen LogP contribution in [0.15, 0.2) is 66.7 Å². The third-order valence-electron chi connectivity index (χ3n) is 6.24. The number of nitrogens with zero attached hydrogens (tertiary/aromatic N) is 4. The van der Waals surface area contributed by atoms with Gasteiger partial charge >= 0.3 is 6.03 Å². The number of rotatable bonds is 10.